The molecule has 0 atom stereocenters. The van der Waals surface area contributed by atoms with Gasteiger partial charge < -0.3 is 15.5 Å². The van der Waals surface area contributed by atoms with E-state index in [0.29, 0.717) is 17.1 Å². The summed E-state index contributed by atoms with van der Waals surface area (Å²) in [6, 6.07) is 3.81. The first-order chi connectivity index (χ1) is 10.8. The third-order valence-corrected chi connectivity index (χ3v) is 4.34. The minimum absolute atomic E-state index is 0.200. The number of aromatic nitrogens is 3. The molecule has 22 heavy (non-hydrogen) atoms. The van der Waals surface area contributed by atoms with E-state index in [9.17, 15) is 4.79 Å². The topological polar surface area (TPSA) is 83.0 Å². The van der Waals surface area contributed by atoms with Crippen molar-refractivity contribution in [1.29, 1.82) is 0 Å². The van der Waals surface area contributed by atoms with Crippen LogP contribution in [0.15, 0.2) is 18.3 Å². The Morgan fingerprint density at radius 2 is 2.23 bits per heavy atom. The predicted octanol–water partition coefficient (Wildman–Crippen LogP) is 1.16. The summed E-state index contributed by atoms with van der Waals surface area (Å²) >= 11 is 1.11. The Labute approximate surface area is 132 Å². The molecule has 1 aliphatic rings. The van der Waals surface area contributed by atoms with Crippen molar-refractivity contribution in [2.24, 2.45) is 0 Å². The van der Waals surface area contributed by atoms with E-state index in [-0.39, 0.29) is 5.91 Å². The van der Waals surface area contributed by atoms with Gasteiger partial charge in [0.2, 0.25) is 0 Å². The quantitative estimate of drug-likeness (QED) is 0.880. The number of piperazine rings is 1. The highest BCUT2D eigenvalue weighted by atomic mass is 32.1. The number of hydrogen-bond donors (Lipinski definition) is 2. The first kappa shape index (κ1) is 14.9. The minimum atomic E-state index is -0.200. The summed E-state index contributed by atoms with van der Waals surface area (Å²) in [6.07, 6.45) is 2.49. The monoisotopic (exact) mass is 318 g/mol. The van der Waals surface area contributed by atoms with Crippen LogP contribution in [0.4, 0.5) is 11.5 Å². The second kappa shape index (κ2) is 6.80. The molecule has 7 nitrogen and oxygen atoms in total. The number of carbonyl (C=O) groups excluding carboxylic acids is 1. The first-order valence-electron chi connectivity index (χ1n) is 7.32. The van der Waals surface area contributed by atoms with Gasteiger partial charge in [0.25, 0.3) is 5.91 Å². The number of nitrogens with zero attached hydrogens (tertiary/aromatic N) is 4. The maximum atomic E-state index is 12.2. The molecule has 0 aromatic carbocycles. The van der Waals surface area contributed by atoms with Crippen molar-refractivity contribution >= 4 is 28.9 Å². The standard InChI is InChI=1S/C14H18N6OS/c1-2-11-13(22-19-18-11)14(21)17-12-4-3-10(9-16-12)20-7-5-15-6-8-20/h3-4,9,15H,2,5-8H2,1H3,(H,16,17,21). The number of anilines is 2. The molecule has 0 unspecified atom stereocenters. The number of amides is 1. The van der Waals surface area contributed by atoms with Crippen LogP contribution in [0.25, 0.3) is 0 Å². The van der Waals surface area contributed by atoms with Crippen molar-refractivity contribution in [3.8, 4) is 0 Å². The molecule has 2 aromatic rings. The zero-order valence-electron chi connectivity index (χ0n) is 12.4. The van der Waals surface area contributed by atoms with Crippen LogP contribution in [0.3, 0.4) is 0 Å². The van der Waals surface area contributed by atoms with Crippen LogP contribution in [-0.2, 0) is 6.42 Å². The average Bonchev–Trinajstić information content (AvgIpc) is 3.05. The number of aryl methyl sites for hydroxylation is 1. The van der Waals surface area contributed by atoms with Crippen LogP contribution >= 0.6 is 11.5 Å². The molecule has 2 aromatic heterocycles. The van der Waals surface area contributed by atoms with Crippen LogP contribution in [0.2, 0.25) is 0 Å². The Balaban J connectivity index is 1.67. The lowest BCUT2D eigenvalue weighted by atomic mass is 10.3. The fourth-order valence-electron chi connectivity index (χ4n) is 2.36. The first-order valence-corrected chi connectivity index (χ1v) is 8.09. The van der Waals surface area contributed by atoms with E-state index < -0.39 is 0 Å². The Morgan fingerprint density at radius 1 is 1.41 bits per heavy atom. The van der Waals surface area contributed by atoms with Crippen LogP contribution in [-0.4, -0.2) is 46.7 Å². The molecule has 0 bridgehead atoms. The summed E-state index contributed by atoms with van der Waals surface area (Å²) in [7, 11) is 0. The lowest BCUT2D eigenvalue weighted by Crippen LogP contribution is -2.43. The summed E-state index contributed by atoms with van der Waals surface area (Å²) < 4.78 is 3.83. The Hall–Kier alpha value is -2.06. The van der Waals surface area contributed by atoms with Crippen LogP contribution in [0.1, 0.15) is 22.3 Å². The molecule has 0 aliphatic carbocycles. The SMILES string of the molecule is CCc1nnsc1C(=O)Nc1ccc(N2CCNCC2)cn1. The molecule has 8 heteroatoms. The van der Waals surface area contributed by atoms with Crippen molar-refractivity contribution in [3.63, 3.8) is 0 Å². The van der Waals surface area contributed by atoms with E-state index in [1.54, 1.807) is 6.20 Å². The molecule has 2 N–H and O–H groups in total. The van der Waals surface area contributed by atoms with Crippen molar-refractivity contribution in [3.05, 3.63) is 28.9 Å². The minimum Gasteiger partial charge on any atom is -0.368 e. The highest BCUT2D eigenvalue weighted by molar-refractivity contribution is 7.08. The predicted molar refractivity (Wildman–Crippen MR) is 86.6 cm³/mol. The molecule has 116 valence electrons. The zero-order chi connectivity index (χ0) is 15.4. The van der Waals surface area contributed by atoms with E-state index in [0.717, 1.165) is 49.1 Å². The highest BCUT2D eigenvalue weighted by Gasteiger charge is 2.16. The summed E-state index contributed by atoms with van der Waals surface area (Å²) in [5.74, 6) is 0.341. The maximum absolute atomic E-state index is 12.2. The third kappa shape index (κ3) is 3.23. The molecule has 1 amide bonds. The fourth-order valence-corrected chi connectivity index (χ4v) is 3.00. The fraction of sp³-hybridized carbons (Fsp3) is 0.429. The average molecular weight is 318 g/mol. The lowest BCUT2D eigenvalue weighted by molar-refractivity contribution is 0.102. The van der Waals surface area contributed by atoms with Gasteiger partial charge in [-0.1, -0.05) is 11.4 Å². The van der Waals surface area contributed by atoms with Crippen LogP contribution < -0.4 is 15.5 Å². The van der Waals surface area contributed by atoms with Gasteiger partial charge in [-0.25, -0.2) is 4.98 Å². The summed E-state index contributed by atoms with van der Waals surface area (Å²) in [5.41, 5.74) is 1.80. The molecule has 0 saturated carbocycles. The molecule has 3 rings (SSSR count). The van der Waals surface area contributed by atoms with Crippen molar-refractivity contribution in [1.82, 2.24) is 19.9 Å². The van der Waals surface area contributed by atoms with Gasteiger partial charge in [-0.15, -0.1) is 5.10 Å². The van der Waals surface area contributed by atoms with E-state index in [4.69, 9.17) is 0 Å². The van der Waals surface area contributed by atoms with E-state index in [1.165, 1.54) is 0 Å². The maximum Gasteiger partial charge on any atom is 0.270 e. The molecular weight excluding hydrogens is 300 g/mol. The Kier molecular flexibility index (Phi) is 4.59. The summed E-state index contributed by atoms with van der Waals surface area (Å²) in [5, 5.41) is 10.1. The normalized spacial score (nSPS) is 14.9. The van der Waals surface area contributed by atoms with Crippen molar-refractivity contribution < 1.29 is 4.79 Å². The van der Waals surface area contributed by atoms with Crippen LogP contribution in [0, 0.1) is 0 Å². The van der Waals surface area contributed by atoms with E-state index in [2.05, 4.69) is 30.1 Å². The second-order valence-electron chi connectivity index (χ2n) is 5.00. The summed E-state index contributed by atoms with van der Waals surface area (Å²) in [6.45, 7) is 5.86. The third-order valence-electron chi connectivity index (χ3n) is 3.57. The van der Waals surface area contributed by atoms with Gasteiger partial charge in [-0.2, -0.15) is 0 Å². The molecule has 0 radical (unpaired) electrons. The lowest BCUT2D eigenvalue weighted by Gasteiger charge is -2.29. The Bertz CT molecular complexity index is 635. The zero-order valence-corrected chi connectivity index (χ0v) is 13.2. The molecule has 1 aliphatic heterocycles. The van der Waals surface area contributed by atoms with Gasteiger partial charge >= 0.3 is 0 Å². The second-order valence-corrected chi connectivity index (χ2v) is 5.75. The highest BCUT2D eigenvalue weighted by Crippen LogP contribution is 2.17. The molecule has 0 spiro atoms. The van der Waals surface area contributed by atoms with Crippen LogP contribution in [0.5, 0.6) is 0 Å². The molecule has 3 heterocycles. The van der Waals surface area contributed by atoms with Gasteiger partial charge in [-0.05, 0) is 30.1 Å². The largest absolute Gasteiger partial charge is 0.368 e. The molecule has 1 saturated heterocycles. The number of nitrogens with one attached hydrogen (secondary N) is 2. The number of rotatable bonds is 4. The van der Waals surface area contributed by atoms with Gasteiger partial charge in [0.1, 0.15) is 10.7 Å². The molecular formula is C14H18N6OS. The van der Waals surface area contributed by atoms with E-state index in [1.807, 2.05) is 19.1 Å². The summed E-state index contributed by atoms with van der Waals surface area (Å²) in [4.78, 5) is 19.4. The van der Waals surface area contributed by atoms with Crippen molar-refractivity contribution in [2.75, 3.05) is 36.4 Å². The Morgan fingerprint density at radius 3 is 2.91 bits per heavy atom. The van der Waals surface area contributed by atoms with Gasteiger partial charge in [0.05, 0.1) is 17.6 Å². The van der Waals surface area contributed by atoms with Crippen molar-refractivity contribution in [2.45, 2.75) is 13.3 Å². The van der Waals surface area contributed by atoms with Gasteiger partial charge in [0.15, 0.2) is 0 Å². The number of carbonyl (C=O) groups is 1. The number of pyridine rings is 1. The smallest absolute Gasteiger partial charge is 0.270 e. The van der Waals surface area contributed by atoms with E-state index >= 15 is 0 Å². The van der Waals surface area contributed by atoms with Gasteiger partial charge in [-0.3, -0.25) is 4.79 Å². The van der Waals surface area contributed by atoms with Gasteiger partial charge in [0, 0.05) is 26.2 Å². The molecule has 1 fully saturated rings. The number of hydrogen-bond acceptors (Lipinski definition) is 7.